The molecule has 0 fully saturated rings. The lowest BCUT2D eigenvalue weighted by Gasteiger charge is -2.13. The standard InChI is InChI=1S/C12H15NO4/c1-4-12(14)9(3)17-10-5-6-11(13(15)16)8(2)7-10/h5-7,9H,4H2,1-3H3. The topological polar surface area (TPSA) is 69.4 Å². The number of aryl methyl sites for hydroxylation is 1. The summed E-state index contributed by atoms with van der Waals surface area (Å²) in [5.41, 5.74) is 0.565. The highest BCUT2D eigenvalue weighted by atomic mass is 16.6. The van der Waals surface area contributed by atoms with Gasteiger partial charge in [-0.25, -0.2) is 0 Å². The first-order chi connectivity index (χ1) is 7.95. The van der Waals surface area contributed by atoms with Gasteiger partial charge in [0.2, 0.25) is 0 Å². The molecular weight excluding hydrogens is 222 g/mol. The number of nitro groups is 1. The average molecular weight is 237 g/mol. The molecule has 5 nitrogen and oxygen atoms in total. The van der Waals surface area contributed by atoms with Crippen LogP contribution in [0, 0.1) is 17.0 Å². The van der Waals surface area contributed by atoms with E-state index < -0.39 is 11.0 Å². The third-order valence-electron chi connectivity index (χ3n) is 2.48. The van der Waals surface area contributed by atoms with Crippen molar-refractivity contribution in [2.75, 3.05) is 0 Å². The van der Waals surface area contributed by atoms with Crippen molar-refractivity contribution in [3.05, 3.63) is 33.9 Å². The lowest BCUT2D eigenvalue weighted by atomic mass is 10.2. The van der Waals surface area contributed by atoms with E-state index in [2.05, 4.69) is 0 Å². The zero-order chi connectivity index (χ0) is 13.0. The summed E-state index contributed by atoms with van der Waals surface area (Å²) in [6.07, 6.45) is -0.117. The summed E-state index contributed by atoms with van der Waals surface area (Å²) in [6, 6.07) is 4.45. The number of Topliss-reactive ketones (excluding diaryl/α,β-unsaturated/α-hetero) is 1. The number of benzene rings is 1. The van der Waals surface area contributed by atoms with Gasteiger partial charge in [-0.05, 0) is 26.0 Å². The van der Waals surface area contributed by atoms with E-state index in [9.17, 15) is 14.9 Å². The minimum absolute atomic E-state index is 0.000931. The van der Waals surface area contributed by atoms with Crippen molar-refractivity contribution >= 4 is 11.5 Å². The Morgan fingerprint density at radius 3 is 2.65 bits per heavy atom. The summed E-state index contributed by atoms with van der Waals surface area (Å²) < 4.78 is 5.41. The van der Waals surface area contributed by atoms with Gasteiger partial charge in [-0.2, -0.15) is 0 Å². The van der Waals surface area contributed by atoms with Crippen molar-refractivity contribution in [2.45, 2.75) is 33.3 Å². The first-order valence-electron chi connectivity index (χ1n) is 5.40. The van der Waals surface area contributed by atoms with E-state index in [4.69, 9.17) is 4.74 Å². The molecule has 5 heteroatoms. The van der Waals surface area contributed by atoms with Crippen LogP contribution in [0.5, 0.6) is 5.75 Å². The van der Waals surface area contributed by atoms with E-state index in [1.54, 1.807) is 26.8 Å². The van der Waals surface area contributed by atoms with Crippen LogP contribution in [0.15, 0.2) is 18.2 Å². The summed E-state index contributed by atoms with van der Waals surface area (Å²) >= 11 is 0. The van der Waals surface area contributed by atoms with Crippen molar-refractivity contribution < 1.29 is 14.5 Å². The van der Waals surface area contributed by atoms with Crippen LogP contribution in [-0.4, -0.2) is 16.8 Å². The van der Waals surface area contributed by atoms with Crippen molar-refractivity contribution in [3.8, 4) is 5.75 Å². The number of carbonyl (C=O) groups is 1. The molecule has 17 heavy (non-hydrogen) atoms. The Hall–Kier alpha value is -1.91. The molecular formula is C12H15NO4. The van der Waals surface area contributed by atoms with Crippen LogP contribution in [0.2, 0.25) is 0 Å². The lowest BCUT2D eigenvalue weighted by molar-refractivity contribution is -0.385. The maximum atomic E-state index is 11.3. The van der Waals surface area contributed by atoms with Gasteiger partial charge in [0.15, 0.2) is 11.9 Å². The van der Waals surface area contributed by atoms with Crippen molar-refractivity contribution in [2.24, 2.45) is 0 Å². The first-order valence-corrected chi connectivity index (χ1v) is 5.40. The van der Waals surface area contributed by atoms with E-state index in [1.165, 1.54) is 12.1 Å². The molecule has 0 aromatic heterocycles. The predicted molar refractivity (Wildman–Crippen MR) is 63.2 cm³/mol. The molecule has 0 N–H and O–H groups in total. The molecule has 0 saturated heterocycles. The number of ketones is 1. The van der Waals surface area contributed by atoms with Gasteiger partial charge in [0.05, 0.1) is 4.92 Å². The summed E-state index contributed by atoms with van der Waals surface area (Å²) in [7, 11) is 0. The molecule has 1 rings (SSSR count). The number of ether oxygens (including phenoxy) is 1. The van der Waals surface area contributed by atoms with E-state index in [-0.39, 0.29) is 11.5 Å². The molecule has 0 bridgehead atoms. The van der Waals surface area contributed by atoms with Crippen LogP contribution in [0.25, 0.3) is 0 Å². The van der Waals surface area contributed by atoms with Gasteiger partial charge in [-0.3, -0.25) is 14.9 Å². The summed E-state index contributed by atoms with van der Waals surface area (Å²) in [4.78, 5) is 21.5. The molecule has 0 aliphatic rings. The van der Waals surface area contributed by atoms with Gasteiger partial charge >= 0.3 is 0 Å². The number of rotatable bonds is 5. The van der Waals surface area contributed by atoms with Crippen molar-refractivity contribution in [1.82, 2.24) is 0 Å². The van der Waals surface area contributed by atoms with Crippen LogP contribution >= 0.6 is 0 Å². The lowest BCUT2D eigenvalue weighted by Crippen LogP contribution is -2.22. The quantitative estimate of drug-likeness (QED) is 0.583. The fourth-order valence-corrected chi connectivity index (χ4v) is 1.46. The third-order valence-corrected chi connectivity index (χ3v) is 2.48. The normalized spacial score (nSPS) is 11.9. The molecule has 1 aromatic rings. The minimum Gasteiger partial charge on any atom is -0.483 e. The Kier molecular flexibility index (Phi) is 4.20. The monoisotopic (exact) mass is 237 g/mol. The number of nitro benzene ring substituents is 1. The van der Waals surface area contributed by atoms with Gasteiger partial charge in [-0.1, -0.05) is 6.92 Å². The Morgan fingerprint density at radius 1 is 1.53 bits per heavy atom. The average Bonchev–Trinajstić information content (AvgIpc) is 2.27. The van der Waals surface area contributed by atoms with Gasteiger partial charge in [-0.15, -0.1) is 0 Å². The summed E-state index contributed by atoms with van der Waals surface area (Å²) in [5.74, 6) is 0.475. The first kappa shape index (κ1) is 13.2. The third kappa shape index (κ3) is 3.27. The second kappa shape index (κ2) is 5.43. The van der Waals surface area contributed by atoms with E-state index in [1.807, 2.05) is 0 Å². The zero-order valence-electron chi connectivity index (χ0n) is 10.1. The van der Waals surface area contributed by atoms with Crippen LogP contribution in [0.3, 0.4) is 0 Å². The molecule has 92 valence electrons. The SMILES string of the molecule is CCC(=O)C(C)Oc1ccc([N+](=O)[O-])c(C)c1. The molecule has 1 unspecified atom stereocenters. The molecule has 0 aliphatic heterocycles. The van der Waals surface area contributed by atoms with E-state index in [0.29, 0.717) is 17.7 Å². The Balaban J connectivity index is 2.84. The maximum absolute atomic E-state index is 11.3. The predicted octanol–water partition coefficient (Wildman–Crippen LogP) is 2.65. The zero-order valence-corrected chi connectivity index (χ0v) is 10.1. The fraction of sp³-hybridized carbons (Fsp3) is 0.417. The Labute approximate surface area is 99.5 Å². The molecule has 0 radical (unpaired) electrons. The Morgan fingerprint density at radius 2 is 2.18 bits per heavy atom. The van der Waals surface area contributed by atoms with Gasteiger partial charge in [0, 0.05) is 18.1 Å². The van der Waals surface area contributed by atoms with Crippen LogP contribution in [0.1, 0.15) is 25.8 Å². The summed E-state index contributed by atoms with van der Waals surface area (Å²) in [5, 5.41) is 10.6. The second-order valence-corrected chi connectivity index (χ2v) is 3.79. The van der Waals surface area contributed by atoms with Gasteiger partial charge in [0.1, 0.15) is 5.75 Å². The number of nitrogens with zero attached hydrogens (tertiary/aromatic N) is 1. The molecule has 0 heterocycles. The Bertz CT molecular complexity index is 442. The number of hydrogen-bond donors (Lipinski definition) is 0. The van der Waals surface area contributed by atoms with E-state index in [0.717, 1.165) is 0 Å². The number of carbonyl (C=O) groups excluding carboxylic acids is 1. The van der Waals surface area contributed by atoms with E-state index >= 15 is 0 Å². The van der Waals surface area contributed by atoms with Gasteiger partial charge < -0.3 is 4.74 Å². The van der Waals surface area contributed by atoms with Gasteiger partial charge in [0.25, 0.3) is 5.69 Å². The maximum Gasteiger partial charge on any atom is 0.272 e. The van der Waals surface area contributed by atoms with Crippen LogP contribution < -0.4 is 4.74 Å². The van der Waals surface area contributed by atoms with Crippen molar-refractivity contribution in [1.29, 1.82) is 0 Å². The van der Waals surface area contributed by atoms with Crippen molar-refractivity contribution in [3.63, 3.8) is 0 Å². The molecule has 0 amide bonds. The number of hydrogen-bond acceptors (Lipinski definition) is 4. The summed E-state index contributed by atoms with van der Waals surface area (Å²) in [6.45, 7) is 5.07. The minimum atomic E-state index is -0.527. The smallest absolute Gasteiger partial charge is 0.272 e. The second-order valence-electron chi connectivity index (χ2n) is 3.79. The fourth-order valence-electron chi connectivity index (χ4n) is 1.46. The molecule has 1 aromatic carbocycles. The molecule has 0 aliphatic carbocycles. The van der Waals surface area contributed by atoms with Crippen LogP contribution in [-0.2, 0) is 4.79 Å². The molecule has 1 atom stereocenters. The molecule has 0 spiro atoms. The largest absolute Gasteiger partial charge is 0.483 e. The highest BCUT2D eigenvalue weighted by molar-refractivity contribution is 5.82. The highest BCUT2D eigenvalue weighted by Gasteiger charge is 2.15. The van der Waals surface area contributed by atoms with Crippen LogP contribution in [0.4, 0.5) is 5.69 Å². The highest BCUT2D eigenvalue weighted by Crippen LogP contribution is 2.23. The molecule has 0 saturated carbocycles.